The minimum Gasteiger partial charge on any atom is -0.274 e. The lowest BCUT2D eigenvalue weighted by Gasteiger charge is -1.99. The van der Waals surface area contributed by atoms with Crippen LogP contribution < -0.4 is 5.48 Å². The van der Waals surface area contributed by atoms with Gasteiger partial charge in [-0.3, -0.25) is 9.63 Å². The van der Waals surface area contributed by atoms with Gasteiger partial charge in [0.1, 0.15) is 0 Å². The van der Waals surface area contributed by atoms with Crippen molar-refractivity contribution in [3.8, 4) is 0 Å². The van der Waals surface area contributed by atoms with Crippen LogP contribution in [0, 0.1) is 2.88 Å². The molecule has 0 fully saturated rings. The average Bonchev–Trinajstić information content (AvgIpc) is 2.47. The molecule has 0 radical (unpaired) electrons. The van der Waals surface area contributed by atoms with Crippen molar-refractivity contribution in [1.82, 2.24) is 5.48 Å². The summed E-state index contributed by atoms with van der Waals surface area (Å²) in [7, 11) is 0. The minimum atomic E-state index is -0.184. The fourth-order valence-corrected chi connectivity index (χ4v) is 1.95. The van der Waals surface area contributed by atoms with Crippen LogP contribution in [0.25, 0.3) is 0 Å². The number of hydrogen-bond acceptors (Lipinski definition) is 3. The second kappa shape index (κ2) is 4.78. The summed E-state index contributed by atoms with van der Waals surface area (Å²) in [5.41, 5.74) is 2.98. The van der Waals surface area contributed by atoms with Crippen molar-refractivity contribution in [2.45, 2.75) is 6.92 Å². The van der Waals surface area contributed by atoms with E-state index in [1.807, 2.05) is 13.0 Å². The van der Waals surface area contributed by atoms with Crippen molar-refractivity contribution in [1.29, 1.82) is 0 Å². The van der Waals surface area contributed by atoms with Gasteiger partial charge in [-0.2, -0.15) is 0 Å². The van der Waals surface area contributed by atoms with Gasteiger partial charge in [-0.15, -0.1) is 11.3 Å². The molecular weight excluding hydrogens is 289 g/mol. The minimum absolute atomic E-state index is 0.184. The number of nitrogens with one attached hydrogen (secondary N) is 1. The van der Waals surface area contributed by atoms with Crippen LogP contribution in [0.4, 0.5) is 0 Å². The molecule has 1 aromatic rings. The summed E-state index contributed by atoms with van der Waals surface area (Å²) in [6.07, 6.45) is 0. The summed E-state index contributed by atoms with van der Waals surface area (Å²) >= 11 is 3.71. The molecule has 0 spiro atoms. The van der Waals surface area contributed by atoms with E-state index >= 15 is 0 Å². The van der Waals surface area contributed by atoms with E-state index in [1.54, 1.807) is 5.38 Å². The highest BCUT2D eigenvalue weighted by atomic mass is 127. The summed E-state index contributed by atoms with van der Waals surface area (Å²) in [5.74, 6) is -0.184. The summed E-state index contributed by atoms with van der Waals surface area (Å²) < 4.78 is 1.09. The second-order valence-corrected chi connectivity index (χ2v) is 4.81. The Balaban J connectivity index is 2.53. The quantitative estimate of drug-likeness (QED) is 0.685. The fraction of sp³-hybridized carbons (Fsp3) is 0.286. The van der Waals surface area contributed by atoms with E-state index in [0.717, 1.165) is 2.88 Å². The average molecular weight is 297 g/mol. The first kappa shape index (κ1) is 9.94. The van der Waals surface area contributed by atoms with Gasteiger partial charge in [0, 0.05) is 5.38 Å². The van der Waals surface area contributed by atoms with Crippen LogP contribution in [0.2, 0.25) is 0 Å². The Labute approximate surface area is 88.2 Å². The topological polar surface area (TPSA) is 38.3 Å². The Bertz CT molecular complexity index is 274. The Kier molecular flexibility index (Phi) is 3.96. The molecule has 0 aliphatic rings. The van der Waals surface area contributed by atoms with Gasteiger partial charge < -0.3 is 0 Å². The van der Waals surface area contributed by atoms with Gasteiger partial charge in [0.2, 0.25) is 0 Å². The standard InChI is InChI=1S/C7H8INO2S/c1-2-11-9-7(10)5-3-6(8)12-4-5/h3-4H,2H2,1H3,(H,9,10). The van der Waals surface area contributed by atoms with Gasteiger partial charge in [0.25, 0.3) is 5.91 Å². The van der Waals surface area contributed by atoms with Gasteiger partial charge in [-0.05, 0) is 35.6 Å². The molecule has 3 nitrogen and oxygen atoms in total. The molecule has 5 heteroatoms. The lowest BCUT2D eigenvalue weighted by atomic mass is 10.3. The maximum Gasteiger partial charge on any atom is 0.275 e. The molecule has 0 bridgehead atoms. The summed E-state index contributed by atoms with van der Waals surface area (Å²) in [4.78, 5) is 15.9. The number of carbonyl (C=O) groups excluding carboxylic acids is 1. The third-order valence-corrected chi connectivity index (χ3v) is 2.93. The first-order valence-electron chi connectivity index (χ1n) is 3.40. The van der Waals surface area contributed by atoms with E-state index in [9.17, 15) is 4.79 Å². The van der Waals surface area contributed by atoms with E-state index in [2.05, 4.69) is 28.1 Å². The lowest BCUT2D eigenvalue weighted by Crippen LogP contribution is -2.22. The van der Waals surface area contributed by atoms with E-state index < -0.39 is 0 Å². The van der Waals surface area contributed by atoms with Crippen LogP contribution in [0.15, 0.2) is 11.4 Å². The third-order valence-electron chi connectivity index (χ3n) is 1.14. The number of hydrogen-bond donors (Lipinski definition) is 1. The van der Waals surface area contributed by atoms with Crippen molar-refractivity contribution in [2.24, 2.45) is 0 Å². The normalized spacial score (nSPS) is 9.83. The Morgan fingerprint density at radius 2 is 2.58 bits per heavy atom. The fourth-order valence-electron chi connectivity index (χ4n) is 0.626. The van der Waals surface area contributed by atoms with Gasteiger partial charge in [-0.25, -0.2) is 5.48 Å². The predicted octanol–water partition coefficient (Wildman–Crippen LogP) is 2.03. The van der Waals surface area contributed by atoms with E-state index in [0.29, 0.717) is 12.2 Å². The van der Waals surface area contributed by atoms with Crippen molar-refractivity contribution in [3.63, 3.8) is 0 Å². The first-order chi connectivity index (χ1) is 5.74. The number of halogens is 1. The Morgan fingerprint density at radius 1 is 1.83 bits per heavy atom. The van der Waals surface area contributed by atoms with Crippen molar-refractivity contribution < 1.29 is 9.63 Å². The largest absolute Gasteiger partial charge is 0.275 e. The molecule has 0 saturated heterocycles. The molecule has 1 amide bonds. The van der Waals surface area contributed by atoms with Crippen LogP contribution in [0.3, 0.4) is 0 Å². The first-order valence-corrected chi connectivity index (χ1v) is 5.36. The number of amides is 1. The number of carbonyl (C=O) groups is 1. The smallest absolute Gasteiger partial charge is 0.274 e. The molecule has 0 aliphatic carbocycles. The van der Waals surface area contributed by atoms with Crippen LogP contribution in [0.5, 0.6) is 0 Å². The monoisotopic (exact) mass is 297 g/mol. The number of thiophene rings is 1. The number of rotatable bonds is 3. The maximum absolute atomic E-state index is 11.2. The molecule has 1 aromatic heterocycles. The van der Waals surface area contributed by atoms with Crippen molar-refractivity contribution in [3.05, 3.63) is 19.9 Å². The Hall–Kier alpha value is -0.140. The van der Waals surface area contributed by atoms with Gasteiger partial charge >= 0.3 is 0 Å². The zero-order chi connectivity index (χ0) is 8.97. The van der Waals surface area contributed by atoms with Gasteiger partial charge in [-0.1, -0.05) is 0 Å². The summed E-state index contributed by atoms with van der Waals surface area (Å²) in [6.45, 7) is 2.30. The highest BCUT2D eigenvalue weighted by Gasteiger charge is 2.06. The molecule has 1 heterocycles. The summed E-state index contributed by atoms with van der Waals surface area (Å²) in [6, 6.07) is 1.82. The SMILES string of the molecule is CCONC(=O)c1csc(I)c1. The summed E-state index contributed by atoms with van der Waals surface area (Å²) in [5, 5.41) is 1.80. The molecule has 0 saturated carbocycles. The molecule has 0 aromatic carbocycles. The van der Waals surface area contributed by atoms with Crippen LogP contribution in [-0.4, -0.2) is 12.5 Å². The van der Waals surface area contributed by atoms with Crippen LogP contribution >= 0.6 is 33.9 Å². The molecule has 66 valence electrons. The third kappa shape index (κ3) is 2.72. The number of hydroxylamine groups is 1. The molecule has 0 aliphatic heterocycles. The van der Waals surface area contributed by atoms with Crippen LogP contribution in [-0.2, 0) is 4.84 Å². The van der Waals surface area contributed by atoms with E-state index in [1.165, 1.54) is 11.3 Å². The molecule has 1 N–H and O–H groups in total. The van der Waals surface area contributed by atoms with Gasteiger partial charge in [0.05, 0.1) is 15.1 Å². The highest BCUT2D eigenvalue weighted by Crippen LogP contribution is 2.16. The zero-order valence-electron chi connectivity index (χ0n) is 6.46. The lowest BCUT2D eigenvalue weighted by molar-refractivity contribution is 0.0365. The highest BCUT2D eigenvalue weighted by molar-refractivity contribution is 14.1. The second-order valence-electron chi connectivity index (χ2n) is 2.00. The van der Waals surface area contributed by atoms with Crippen molar-refractivity contribution >= 4 is 39.8 Å². The van der Waals surface area contributed by atoms with E-state index in [-0.39, 0.29) is 5.91 Å². The molecule has 12 heavy (non-hydrogen) atoms. The molecule has 0 atom stereocenters. The molecule has 1 rings (SSSR count). The van der Waals surface area contributed by atoms with Gasteiger partial charge in [0.15, 0.2) is 0 Å². The molecule has 0 unspecified atom stereocenters. The van der Waals surface area contributed by atoms with E-state index in [4.69, 9.17) is 4.84 Å². The molecular formula is C7H8INO2S. The predicted molar refractivity (Wildman–Crippen MR) is 56.1 cm³/mol. The van der Waals surface area contributed by atoms with Crippen LogP contribution in [0.1, 0.15) is 17.3 Å². The van der Waals surface area contributed by atoms with Crippen molar-refractivity contribution in [2.75, 3.05) is 6.61 Å². The maximum atomic E-state index is 11.2. The Morgan fingerprint density at radius 3 is 3.08 bits per heavy atom. The zero-order valence-corrected chi connectivity index (χ0v) is 9.44.